The molecule has 2 saturated carbocycles. The highest BCUT2D eigenvalue weighted by atomic mass is 35.5. The van der Waals surface area contributed by atoms with Crippen LogP contribution in [0.5, 0.6) is 0 Å². The minimum Gasteiger partial charge on any atom is -0.411 e. The normalized spacial score (nSPS) is 37.1. The van der Waals surface area contributed by atoms with Crippen molar-refractivity contribution in [3.63, 3.8) is 0 Å². The molecule has 3 unspecified atom stereocenters. The fourth-order valence-electron chi connectivity index (χ4n) is 6.38. The summed E-state index contributed by atoms with van der Waals surface area (Å²) >= 11 is 6.21. The van der Waals surface area contributed by atoms with E-state index in [1.807, 2.05) is 6.07 Å². The molecular formula is C21H27ClN2O2. The van der Waals surface area contributed by atoms with Gasteiger partial charge in [-0.2, -0.15) is 0 Å². The van der Waals surface area contributed by atoms with Crippen molar-refractivity contribution in [2.75, 3.05) is 0 Å². The molecule has 0 aliphatic heterocycles. The number of oxime groups is 1. The number of carbonyl (C=O) groups excluding carboxylic acids is 1. The smallest absolute Gasteiger partial charge is 0.217 e. The number of hydrogen-bond donors (Lipinski definition) is 2. The minimum atomic E-state index is -0.239. The molecular weight excluding hydrogens is 348 g/mol. The highest BCUT2D eigenvalue weighted by Gasteiger charge is 2.57. The molecule has 3 aliphatic rings. The molecule has 4 nitrogen and oxygen atoms in total. The molecule has 2 fully saturated rings. The average molecular weight is 375 g/mol. The van der Waals surface area contributed by atoms with Gasteiger partial charge in [-0.25, -0.2) is 0 Å². The Kier molecular flexibility index (Phi) is 4.50. The fraction of sp³-hybridized carbons (Fsp3) is 0.619. The van der Waals surface area contributed by atoms with Crippen molar-refractivity contribution >= 4 is 23.2 Å². The van der Waals surface area contributed by atoms with E-state index in [1.54, 1.807) is 0 Å². The zero-order valence-corrected chi connectivity index (χ0v) is 16.0. The van der Waals surface area contributed by atoms with Crippen LogP contribution in [0.25, 0.3) is 0 Å². The van der Waals surface area contributed by atoms with Gasteiger partial charge in [0, 0.05) is 16.9 Å². The van der Waals surface area contributed by atoms with Gasteiger partial charge in [-0.1, -0.05) is 29.7 Å². The molecule has 4 rings (SSSR count). The van der Waals surface area contributed by atoms with Crippen LogP contribution in [0.4, 0.5) is 0 Å². The zero-order valence-electron chi connectivity index (χ0n) is 15.2. The van der Waals surface area contributed by atoms with Crippen molar-refractivity contribution < 1.29 is 10.0 Å². The summed E-state index contributed by atoms with van der Waals surface area (Å²) < 4.78 is 0. The number of fused-ring (bicyclic) bond motifs is 5. The number of hydrogen-bond acceptors (Lipinski definition) is 3. The highest BCUT2D eigenvalue weighted by molar-refractivity contribution is 6.30. The lowest BCUT2D eigenvalue weighted by Crippen LogP contribution is -2.44. The molecule has 3 aliphatic carbocycles. The van der Waals surface area contributed by atoms with Gasteiger partial charge in [-0.05, 0) is 85.5 Å². The third-order valence-corrected chi connectivity index (χ3v) is 7.68. The summed E-state index contributed by atoms with van der Waals surface area (Å²) in [6, 6.07) is 6.35. The Bertz CT molecular complexity index is 762. The number of benzene rings is 1. The topological polar surface area (TPSA) is 75.7 Å². The van der Waals surface area contributed by atoms with E-state index in [-0.39, 0.29) is 11.3 Å². The predicted molar refractivity (Wildman–Crippen MR) is 103 cm³/mol. The fourth-order valence-corrected chi connectivity index (χ4v) is 6.57. The maximum Gasteiger partial charge on any atom is 0.217 e. The van der Waals surface area contributed by atoms with Crippen LogP contribution in [0.3, 0.4) is 0 Å². The SMILES string of the molecule is C[C@]12CCC3c4ccc(Cl)cc4CCC3C1[C@H](CCC(N)=O)C/C2=N\O. The number of nitrogens with zero attached hydrogens (tertiary/aromatic N) is 1. The molecule has 1 amide bonds. The van der Waals surface area contributed by atoms with Gasteiger partial charge >= 0.3 is 0 Å². The van der Waals surface area contributed by atoms with Crippen molar-refractivity contribution in [1.82, 2.24) is 0 Å². The zero-order chi connectivity index (χ0) is 18.5. The number of nitrogens with two attached hydrogens (primary N) is 1. The summed E-state index contributed by atoms with van der Waals surface area (Å²) in [6.07, 6.45) is 6.36. The van der Waals surface area contributed by atoms with Crippen LogP contribution in [0, 0.1) is 23.2 Å². The number of rotatable bonds is 3. The summed E-state index contributed by atoms with van der Waals surface area (Å²) in [5, 5.41) is 14.1. The lowest BCUT2D eigenvalue weighted by atomic mass is 9.54. The van der Waals surface area contributed by atoms with Crippen LogP contribution < -0.4 is 5.73 Å². The Morgan fingerprint density at radius 1 is 1.42 bits per heavy atom. The summed E-state index contributed by atoms with van der Waals surface area (Å²) in [5.41, 5.74) is 9.14. The third kappa shape index (κ3) is 2.74. The van der Waals surface area contributed by atoms with E-state index >= 15 is 0 Å². The van der Waals surface area contributed by atoms with Crippen molar-refractivity contribution in [2.45, 2.75) is 57.8 Å². The van der Waals surface area contributed by atoms with Crippen molar-refractivity contribution in [2.24, 2.45) is 34.1 Å². The van der Waals surface area contributed by atoms with E-state index in [4.69, 9.17) is 17.3 Å². The molecule has 0 heterocycles. The standard InChI is InChI=1S/C21H27ClN2O2/c1-21-9-8-16-15-6-4-14(22)10-12(15)2-5-17(16)20(21)13(3-7-19(23)25)11-18(21)24-26/h4,6,10,13,16-17,20,26H,2-3,5,7-9,11H2,1H3,(H2,23,25)/b24-18+/t13-,16?,17?,20?,21-/m1/s1. The van der Waals surface area contributed by atoms with Gasteiger partial charge in [-0.3, -0.25) is 4.79 Å². The summed E-state index contributed by atoms with van der Waals surface area (Å²) in [5.74, 6) is 1.70. The third-order valence-electron chi connectivity index (χ3n) is 7.44. The number of halogens is 1. The Labute approximate surface area is 159 Å². The second kappa shape index (κ2) is 6.56. The largest absolute Gasteiger partial charge is 0.411 e. The van der Waals surface area contributed by atoms with Crippen molar-refractivity contribution in [1.29, 1.82) is 0 Å². The predicted octanol–water partition coefficient (Wildman–Crippen LogP) is 4.52. The lowest BCUT2D eigenvalue weighted by molar-refractivity contribution is -0.118. The van der Waals surface area contributed by atoms with Crippen LogP contribution >= 0.6 is 11.6 Å². The van der Waals surface area contributed by atoms with Crippen LogP contribution in [0.15, 0.2) is 23.4 Å². The molecule has 0 aromatic heterocycles. The van der Waals surface area contributed by atoms with Gasteiger partial charge < -0.3 is 10.9 Å². The highest BCUT2D eigenvalue weighted by Crippen LogP contribution is 2.62. The van der Waals surface area contributed by atoms with Crippen LogP contribution in [0.1, 0.15) is 62.5 Å². The van der Waals surface area contributed by atoms with E-state index in [2.05, 4.69) is 24.2 Å². The Morgan fingerprint density at radius 3 is 2.96 bits per heavy atom. The molecule has 5 atom stereocenters. The molecule has 1 aromatic rings. The van der Waals surface area contributed by atoms with Gasteiger partial charge in [0.05, 0.1) is 5.71 Å². The van der Waals surface area contributed by atoms with E-state index < -0.39 is 0 Å². The number of carbonyl (C=O) groups is 1. The van der Waals surface area contributed by atoms with Gasteiger partial charge in [0.2, 0.25) is 5.91 Å². The molecule has 0 bridgehead atoms. The monoisotopic (exact) mass is 374 g/mol. The van der Waals surface area contributed by atoms with E-state index in [0.29, 0.717) is 30.1 Å². The second-order valence-corrected chi connectivity index (χ2v) is 9.09. The molecule has 0 spiro atoms. The van der Waals surface area contributed by atoms with Crippen LogP contribution in [-0.4, -0.2) is 16.8 Å². The van der Waals surface area contributed by atoms with Gasteiger partial charge in [0.15, 0.2) is 0 Å². The van der Waals surface area contributed by atoms with Crippen molar-refractivity contribution in [3.05, 3.63) is 34.3 Å². The first-order chi connectivity index (χ1) is 12.4. The molecule has 0 radical (unpaired) electrons. The molecule has 26 heavy (non-hydrogen) atoms. The van der Waals surface area contributed by atoms with E-state index in [9.17, 15) is 10.0 Å². The summed E-state index contributed by atoms with van der Waals surface area (Å²) in [6.45, 7) is 2.27. The maximum atomic E-state index is 11.4. The first kappa shape index (κ1) is 17.8. The maximum absolute atomic E-state index is 11.4. The Balaban J connectivity index is 1.69. The second-order valence-electron chi connectivity index (χ2n) is 8.65. The van der Waals surface area contributed by atoms with Gasteiger partial charge in [0.1, 0.15) is 0 Å². The molecule has 140 valence electrons. The quantitative estimate of drug-likeness (QED) is 0.602. The Morgan fingerprint density at radius 2 is 2.23 bits per heavy atom. The van der Waals surface area contributed by atoms with Crippen LogP contribution in [0.2, 0.25) is 5.02 Å². The molecule has 3 N–H and O–H groups in total. The van der Waals surface area contributed by atoms with Crippen LogP contribution in [-0.2, 0) is 11.2 Å². The summed E-state index contributed by atoms with van der Waals surface area (Å²) in [7, 11) is 0. The first-order valence-electron chi connectivity index (χ1n) is 9.72. The summed E-state index contributed by atoms with van der Waals surface area (Å²) in [4.78, 5) is 11.4. The average Bonchev–Trinajstić information content (AvgIpc) is 2.91. The van der Waals surface area contributed by atoms with Gasteiger partial charge in [0.25, 0.3) is 0 Å². The molecule has 5 heteroatoms. The first-order valence-corrected chi connectivity index (χ1v) is 10.1. The minimum absolute atomic E-state index is 0.0534. The molecule has 1 aromatic carbocycles. The molecule has 0 saturated heterocycles. The lowest BCUT2D eigenvalue weighted by Gasteiger charge is -2.50. The Hall–Kier alpha value is -1.55. The van der Waals surface area contributed by atoms with Gasteiger partial charge in [-0.15, -0.1) is 0 Å². The van der Waals surface area contributed by atoms with E-state index in [1.165, 1.54) is 11.1 Å². The van der Waals surface area contributed by atoms with Crippen molar-refractivity contribution in [3.8, 4) is 0 Å². The number of amides is 1. The number of aryl methyl sites for hydroxylation is 1. The number of primary amides is 1. The van der Waals surface area contributed by atoms with E-state index in [0.717, 1.165) is 49.3 Å².